The van der Waals surface area contributed by atoms with Gasteiger partial charge in [-0.05, 0) is 65.8 Å². The van der Waals surface area contributed by atoms with Crippen molar-refractivity contribution in [1.29, 1.82) is 0 Å². The number of benzene rings is 2. The molecule has 150 valence electrons. The molecule has 5 nitrogen and oxygen atoms in total. The summed E-state index contributed by atoms with van der Waals surface area (Å²) in [6.45, 7) is 7.05. The van der Waals surface area contributed by atoms with Gasteiger partial charge in [-0.25, -0.2) is 0 Å². The molecule has 1 saturated heterocycles. The number of carbonyl (C=O) groups excluding carboxylic acids is 1. The van der Waals surface area contributed by atoms with Crippen molar-refractivity contribution in [3.8, 4) is 5.75 Å². The highest BCUT2D eigenvalue weighted by atomic mass is 79.9. The average molecular weight is 467 g/mol. The number of nitrogens with one attached hydrogen (secondary N) is 1. The van der Waals surface area contributed by atoms with Crippen LogP contribution in [0.4, 0.5) is 5.69 Å². The van der Waals surface area contributed by atoms with Crippen molar-refractivity contribution >= 4 is 39.1 Å². The Bertz CT molecular complexity index is 808. The third-order valence-electron chi connectivity index (χ3n) is 4.79. The molecular formula is C21H25BrClN3O2. The van der Waals surface area contributed by atoms with E-state index in [9.17, 15) is 4.79 Å². The summed E-state index contributed by atoms with van der Waals surface area (Å²) in [5.41, 5.74) is 2.01. The number of piperazine rings is 1. The number of amides is 1. The lowest BCUT2D eigenvalue weighted by Crippen LogP contribution is -2.43. The summed E-state index contributed by atoms with van der Waals surface area (Å²) < 4.78 is 6.45. The van der Waals surface area contributed by atoms with E-state index in [-0.39, 0.29) is 5.91 Å². The van der Waals surface area contributed by atoms with Crippen LogP contribution in [0.1, 0.15) is 12.5 Å². The molecular weight excluding hydrogens is 442 g/mol. The van der Waals surface area contributed by atoms with Crippen LogP contribution in [0.3, 0.4) is 0 Å². The Labute approximate surface area is 179 Å². The minimum absolute atomic E-state index is 0.200. The first kappa shape index (κ1) is 21.1. The predicted molar refractivity (Wildman–Crippen MR) is 117 cm³/mol. The molecule has 0 saturated carbocycles. The standard InChI is InChI=1S/C21H25BrClN3O2/c1-15(28-20-8-5-17(23)13-19(20)22)21(27)24-18-6-3-16(4-7-18)14-26-11-9-25(2)10-12-26/h3-8,13,15H,9-12,14H2,1-2H3,(H,24,27). The summed E-state index contributed by atoms with van der Waals surface area (Å²) in [5.74, 6) is 0.378. The van der Waals surface area contributed by atoms with Gasteiger partial charge in [0.25, 0.3) is 5.91 Å². The molecule has 1 aliphatic heterocycles. The van der Waals surface area contributed by atoms with Crippen LogP contribution in [-0.2, 0) is 11.3 Å². The summed E-state index contributed by atoms with van der Waals surface area (Å²) in [5, 5.41) is 3.51. The Balaban J connectivity index is 1.52. The van der Waals surface area contributed by atoms with Crippen LogP contribution < -0.4 is 10.1 Å². The van der Waals surface area contributed by atoms with E-state index in [0.29, 0.717) is 15.2 Å². The average Bonchev–Trinajstić information content (AvgIpc) is 2.67. The lowest BCUT2D eigenvalue weighted by atomic mass is 10.1. The lowest BCUT2D eigenvalue weighted by molar-refractivity contribution is -0.122. The van der Waals surface area contributed by atoms with E-state index < -0.39 is 6.10 Å². The molecule has 28 heavy (non-hydrogen) atoms. The normalized spacial score (nSPS) is 16.6. The van der Waals surface area contributed by atoms with Gasteiger partial charge >= 0.3 is 0 Å². The Morgan fingerprint density at radius 3 is 2.50 bits per heavy atom. The van der Waals surface area contributed by atoms with Gasteiger partial charge in [0.2, 0.25) is 0 Å². The molecule has 1 aliphatic rings. The number of anilines is 1. The fourth-order valence-corrected chi connectivity index (χ4v) is 3.79. The smallest absolute Gasteiger partial charge is 0.265 e. The molecule has 0 aliphatic carbocycles. The molecule has 3 rings (SSSR count). The van der Waals surface area contributed by atoms with Crippen LogP contribution in [0.15, 0.2) is 46.9 Å². The molecule has 2 aromatic carbocycles. The van der Waals surface area contributed by atoms with E-state index in [1.54, 1.807) is 25.1 Å². The maximum atomic E-state index is 12.4. The second-order valence-corrected chi connectivity index (χ2v) is 8.39. The van der Waals surface area contributed by atoms with Gasteiger partial charge in [0.15, 0.2) is 6.10 Å². The van der Waals surface area contributed by atoms with Gasteiger partial charge < -0.3 is 15.0 Å². The van der Waals surface area contributed by atoms with E-state index in [1.165, 1.54) is 5.56 Å². The number of hydrogen-bond acceptors (Lipinski definition) is 4. The van der Waals surface area contributed by atoms with E-state index in [2.05, 4.69) is 50.2 Å². The summed E-state index contributed by atoms with van der Waals surface area (Å²) in [4.78, 5) is 17.2. The predicted octanol–water partition coefficient (Wildman–Crippen LogP) is 4.26. The number of nitrogens with zero attached hydrogens (tertiary/aromatic N) is 2. The van der Waals surface area contributed by atoms with Crippen molar-refractivity contribution in [1.82, 2.24) is 9.80 Å². The molecule has 1 amide bonds. The maximum absolute atomic E-state index is 12.4. The van der Waals surface area contributed by atoms with Crippen molar-refractivity contribution in [3.05, 3.63) is 57.5 Å². The molecule has 0 radical (unpaired) electrons. The SMILES string of the molecule is CC(Oc1ccc(Cl)cc1Br)C(=O)Nc1ccc(CN2CCN(C)CC2)cc1. The first-order valence-electron chi connectivity index (χ1n) is 9.33. The number of halogens is 2. The van der Waals surface area contributed by atoms with E-state index in [0.717, 1.165) is 38.4 Å². The van der Waals surface area contributed by atoms with Gasteiger partial charge in [-0.15, -0.1) is 0 Å². The number of ether oxygens (including phenoxy) is 1. The molecule has 1 unspecified atom stereocenters. The van der Waals surface area contributed by atoms with Crippen molar-refractivity contribution in [3.63, 3.8) is 0 Å². The first-order chi connectivity index (χ1) is 13.4. The second kappa shape index (κ2) is 9.74. The Kier molecular flexibility index (Phi) is 7.35. The lowest BCUT2D eigenvalue weighted by Gasteiger charge is -2.32. The zero-order valence-electron chi connectivity index (χ0n) is 16.1. The van der Waals surface area contributed by atoms with Crippen LogP contribution >= 0.6 is 27.5 Å². The number of hydrogen-bond donors (Lipinski definition) is 1. The molecule has 1 atom stereocenters. The summed E-state index contributed by atoms with van der Waals surface area (Å²) in [6.07, 6.45) is -0.637. The Morgan fingerprint density at radius 2 is 1.86 bits per heavy atom. The third kappa shape index (κ3) is 5.95. The van der Waals surface area contributed by atoms with Gasteiger partial charge in [-0.3, -0.25) is 9.69 Å². The Morgan fingerprint density at radius 1 is 1.18 bits per heavy atom. The van der Waals surface area contributed by atoms with Gasteiger partial charge in [0.05, 0.1) is 4.47 Å². The molecule has 1 heterocycles. The zero-order valence-corrected chi connectivity index (χ0v) is 18.5. The molecule has 0 bridgehead atoms. The number of carbonyl (C=O) groups is 1. The molecule has 1 fully saturated rings. The molecule has 2 aromatic rings. The van der Waals surface area contributed by atoms with Gasteiger partial charge in [0, 0.05) is 43.4 Å². The third-order valence-corrected chi connectivity index (χ3v) is 5.65. The zero-order chi connectivity index (χ0) is 20.1. The monoisotopic (exact) mass is 465 g/mol. The van der Waals surface area contributed by atoms with Gasteiger partial charge in [-0.2, -0.15) is 0 Å². The van der Waals surface area contributed by atoms with Crippen LogP contribution in [0.25, 0.3) is 0 Å². The topological polar surface area (TPSA) is 44.8 Å². The van der Waals surface area contributed by atoms with E-state index in [1.807, 2.05) is 12.1 Å². The highest BCUT2D eigenvalue weighted by Gasteiger charge is 2.17. The summed E-state index contributed by atoms with van der Waals surface area (Å²) in [6, 6.07) is 13.2. The summed E-state index contributed by atoms with van der Waals surface area (Å²) in [7, 11) is 2.16. The van der Waals surface area contributed by atoms with E-state index in [4.69, 9.17) is 16.3 Å². The molecule has 0 aromatic heterocycles. The highest BCUT2D eigenvalue weighted by molar-refractivity contribution is 9.10. The van der Waals surface area contributed by atoms with Crippen LogP contribution in [0.2, 0.25) is 5.02 Å². The van der Waals surface area contributed by atoms with Crippen molar-refractivity contribution in [2.75, 3.05) is 38.5 Å². The molecule has 7 heteroatoms. The van der Waals surface area contributed by atoms with E-state index >= 15 is 0 Å². The molecule has 1 N–H and O–H groups in total. The number of likely N-dealkylation sites (N-methyl/N-ethyl adjacent to an activating group) is 1. The van der Waals surface area contributed by atoms with Crippen LogP contribution in [-0.4, -0.2) is 55.0 Å². The molecule has 0 spiro atoms. The maximum Gasteiger partial charge on any atom is 0.265 e. The second-order valence-electron chi connectivity index (χ2n) is 7.10. The highest BCUT2D eigenvalue weighted by Crippen LogP contribution is 2.29. The van der Waals surface area contributed by atoms with Gasteiger partial charge in [0.1, 0.15) is 5.75 Å². The van der Waals surface area contributed by atoms with Crippen molar-refractivity contribution < 1.29 is 9.53 Å². The minimum Gasteiger partial charge on any atom is -0.480 e. The largest absolute Gasteiger partial charge is 0.480 e. The van der Waals surface area contributed by atoms with Crippen molar-refractivity contribution in [2.24, 2.45) is 0 Å². The quantitative estimate of drug-likeness (QED) is 0.691. The summed E-state index contributed by atoms with van der Waals surface area (Å²) >= 11 is 9.33. The fraction of sp³-hybridized carbons (Fsp3) is 0.381. The fourth-order valence-electron chi connectivity index (χ4n) is 3.02. The van der Waals surface area contributed by atoms with Crippen molar-refractivity contribution in [2.45, 2.75) is 19.6 Å². The Hall–Kier alpha value is -1.60. The van der Waals surface area contributed by atoms with Gasteiger partial charge in [-0.1, -0.05) is 23.7 Å². The van der Waals surface area contributed by atoms with Crippen LogP contribution in [0.5, 0.6) is 5.75 Å². The van der Waals surface area contributed by atoms with Crippen LogP contribution in [0, 0.1) is 0 Å². The first-order valence-corrected chi connectivity index (χ1v) is 10.5. The number of rotatable bonds is 6. The minimum atomic E-state index is -0.637.